The third-order valence-electron chi connectivity index (χ3n) is 5.65. The minimum Gasteiger partial charge on any atom is -0.494 e. The molecule has 0 spiro atoms. The standard InChI is InChI=1S/C29H34N2O3/c1-3-5-6-7-11-22-34-27-20-16-23(17-21-27)28(32)30-25-18-14-24(15-19-25)29(33)31(4-2)26-12-9-8-10-13-26/h8-10,12-21H,3-7,11,22H2,1-2H3,(H,30,32). The van der Waals surface area contributed by atoms with Gasteiger partial charge in [-0.05, 0) is 74.0 Å². The van der Waals surface area contributed by atoms with Gasteiger partial charge in [0.1, 0.15) is 5.75 Å². The number of nitrogens with zero attached hydrogens (tertiary/aromatic N) is 1. The first kappa shape index (κ1) is 25.0. The molecule has 2 amide bonds. The van der Waals surface area contributed by atoms with Crippen LogP contribution in [0.2, 0.25) is 0 Å². The Morgan fingerprint density at radius 1 is 0.765 bits per heavy atom. The smallest absolute Gasteiger partial charge is 0.258 e. The second-order valence-corrected chi connectivity index (χ2v) is 8.20. The average molecular weight is 459 g/mol. The maximum Gasteiger partial charge on any atom is 0.258 e. The van der Waals surface area contributed by atoms with Crippen LogP contribution >= 0.6 is 0 Å². The number of para-hydroxylation sites is 1. The highest BCUT2D eigenvalue weighted by Gasteiger charge is 2.16. The molecule has 3 aromatic carbocycles. The van der Waals surface area contributed by atoms with Gasteiger partial charge in [-0.15, -0.1) is 0 Å². The molecular formula is C29H34N2O3. The summed E-state index contributed by atoms with van der Waals surface area (Å²) in [6.07, 6.45) is 5.98. The number of carbonyl (C=O) groups is 2. The zero-order valence-electron chi connectivity index (χ0n) is 20.1. The molecule has 0 aromatic heterocycles. The molecule has 0 aliphatic carbocycles. The third kappa shape index (κ3) is 7.20. The molecule has 3 rings (SSSR count). The van der Waals surface area contributed by atoms with Gasteiger partial charge in [-0.1, -0.05) is 50.8 Å². The Balaban J connectivity index is 1.52. The molecule has 0 saturated heterocycles. The average Bonchev–Trinajstić information content (AvgIpc) is 2.88. The van der Waals surface area contributed by atoms with E-state index < -0.39 is 0 Å². The number of rotatable bonds is 12. The van der Waals surface area contributed by atoms with Crippen molar-refractivity contribution in [3.8, 4) is 5.75 Å². The fourth-order valence-corrected chi connectivity index (χ4v) is 3.70. The molecule has 34 heavy (non-hydrogen) atoms. The summed E-state index contributed by atoms with van der Waals surface area (Å²) in [5.74, 6) is 0.492. The van der Waals surface area contributed by atoms with Gasteiger partial charge < -0.3 is 15.0 Å². The van der Waals surface area contributed by atoms with Gasteiger partial charge in [-0.2, -0.15) is 0 Å². The van der Waals surface area contributed by atoms with E-state index in [4.69, 9.17) is 4.74 Å². The minimum atomic E-state index is -0.204. The summed E-state index contributed by atoms with van der Waals surface area (Å²) in [7, 11) is 0. The summed E-state index contributed by atoms with van der Waals surface area (Å²) in [5.41, 5.74) is 2.62. The highest BCUT2D eigenvalue weighted by molar-refractivity contribution is 6.07. The Morgan fingerprint density at radius 2 is 1.41 bits per heavy atom. The lowest BCUT2D eigenvalue weighted by atomic mass is 10.1. The van der Waals surface area contributed by atoms with Crippen LogP contribution < -0.4 is 15.0 Å². The lowest BCUT2D eigenvalue weighted by Gasteiger charge is -2.21. The van der Waals surface area contributed by atoms with E-state index >= 15 is 0 Å². The van der Waals surface area contributed by atoms with Crippen molar-refractivity contribution in [2.75, 3.05) is 23.4 Å². The maximum absolute atomic E-state index is 12.9. The minimum absolute atomic E-state index is 0.0764. The zero-order chi connectivity index (χ0) is 24.2. The van der Waals surface area contributed by atoms with E-state index in [2.05, 4.69) is 12.2 Å². The van der Waals surface area contributed by atoms with Gasteiger partial charge in [-0.3, -0.25) is 9.59 Å². The molecule has 0 bridgehead atoms. The van der Waals surface area contributed by atoms with Crippen molar-refractivity contribution in [3.05, 3.63) is 90.0 Å². The predicted molar refractivity (Wildman–Crippen MR) is 139 cm³/mol. The van der Waals surface area contributed by atoms with E-state index in [1.165, 1.54) is 25.7 Å². The molecular weight excluding hydrogens is 424 g/mol. The summed E-state index contributed by atoms with van der Waals surface area (Å²) in [6, 6.07) is 23.7. The van der Waals surface area contributed by atoms with E-state index in [1.54, 1.807) is 41.3 Å². The van der Waals surface area contributed by atoms with Crippen LogP contribution in [0.5, 0.6) is 5.75 Å². The largest absolute Gasteiger partial charge is 0.494 e. The van der Waals surface area contributed by atoms with Gasteiger partial charge in [0, 0.05) is 29.0 Å². The van der Waals surface area contributed by atoms with Gasteiger partial charge in [0.25, 0.3) is 11.8 Å². The predicted octanol–water partition coefficient (Wildman–Crippen LogP) is 6.95. The fourth-order valence-electron chi connectivity index (χ4n) is 3.70. The zero-order valence-corrected chi connectivity index (χ0v) is 20.1. The molecule has 0 fully saturated rings. The van der Waals surface area contributed by atoms with Crippen molar-refractivity contribution >= 4 is 23.2 Å². The second kappa shape index (κ2) is 13.2. The molecule has 5 heteroatoms. The number of anilines is 2. The summed E-state index contributed by atoms with van der Waals surface area (Å²) < 4.78 is 5.77. The van der Waals surface area contributed by atoms with Crippen LogP contribution in [0.3, 0.4) is 0 Å². The molecule has 5 nitrogen and oxygen atoms in total. The first-order valence-electron chi connectivity index (χ1n) is 12.1. The Labute approximate surface area is 202 Å². The summed E-state index contributed by atoms with van der Waals surface area (Å²) in [5, 5.41) is 2.89. The van der Waals surface area contributed by atoms with Gasteiger partial charge in [0.15, 0.2) is 0 Å². The van der Waals surface area contributed by atoms with Crippen LogP contribution in [0.25, 0.3) is 0 Å². The molecule has 0 saturated carbocycles. The van der Waals surface area contributed by atoms with Crippen LogP contribution in [-0.4, -0.2) is 25.0 Å². The van der Waals surface area contributed by atoms with E-state index in [0.717, 1.165) is 17.9 Å². The van der Waals surface area contributed by atoms with Gasteiger partial charge in [0.05, 0.1) is 6.61 Å². The monoisotopic (exact) mass is 458 g/mol. The molecule has 0 aliphatic heterocycles. The topological polar surface area (TPSA) is 58.6 Å². The Kier molecular flexibility index (Phi) is 9.71. The van der Waals surface area contributed by atoms with Crippen molar-refractivity contribution < 1.29 is 14.3 Å². The number of unbranched alkanes of at least 4 members (excludes halogenated alkanes) is 4. The lowest BCUT2D eigenvalue weighted by Crippen LogP contribution is -2.30. The molecule has 0 aliphatic rings. The van der Waals surface area contributed by atoms with Crippen LogP contribution in [0.1, 0.15) is 66.7 Å². The number of ether oxygens (including phenoxy) is 1. The van der Waals surface area contributed by atoms with Crippen molar-refractivity contribution in [3.63, 3.8) is 0 Å². The third-order valence-corrected chi connectivity index (χ3v) is 5.65. The summed E-state index contributed by atoms with van der Waals surface area (Å²) in [4.78, 5) is 27.3. The number of hydrogen-bond donors (Lipinski definition) is 1. The number of amides is 2. The quantitative estimate of drug-likeness (QED) is 0.299. The molecule has 178 valence electrons. The Morgan fingerprint density at radius 3 is 2.06 bits per heavy atom. The molecule has 0 atom stereocenters. The SMILES string of the molecule is CCCCCCCOc1ccc(C(=O)Nc2ccc(C(=O)N(CC)c3ccccc3)cc2)cc1. The number of benzene rings is 3. The van der Waals surface area contributed by atoms with Gasteiger partial charge >= 0.3 is 0 Å². The molecule has 0 heterocycles. The van der Waals surface area contributed by atoms with Crippen LogP contribution in [0, 0.1) is 0 Å². The summed E-state index contributed by atoms with van der Waals surface area (Å²) in [6.45, 7) is 5.42. The van der Waals surface area contributed by atoms with Crippen molar-refractivity contribution in [1.82, 2.24) is 0 Å². The number of hydrogen-bond acceptors (Lipinski definition) is 3. The lowest BCUT2D eigenvalue weighted by molar-refractivity contribution is 0.0987. The van der Waals surface area contributed by atoms with Crippen LogP contribution in [0.15, 0.2) is 78.9 Å². The molecule has 0 unspecified atom stereocenters. The van der Waals surface area contributed by atoms with E-state index in [9.17, 15) is 9.59 Å². The van der Waals surface area contributed by atoms with E-state index in [1.807, 2.05) is 49.4 Å². The summed E-state index contributed by atoms with van der Waals surface area (Å²) >= 11 is 0. The van der Waals surface area contributed by atoms with Crippen LogP contribution in [-0.2, 0) is 0 Å². The first-order valence-corrected chi connectivity index (χ1v) is 12.1. The molecule has 3 aromatic rings. The number of carbonyl (C=O) groups excluding carboxylic acids is 2. The molecule has 0 radical (unpaired) electrons. The van der Waals surface area contributed by atoms with E-state index in [0.29, 0.717) is 30.0 Å². The maximum atomic E-state index is 12.9. The van der Waals surface area contributed by atoms with Gasteiger partial charge in [-0.25, -0.2) is 0 Å². The van der Waals surface area contributed by atoms with Crippen molar-refractivity contribution in [2.45, 2.75) is 46.0 Å². The van der Waals surface area contributed by atoms with E-state index in [-0.39, 0.29) is 11.8 Å². The fraction of sp³-hybridized carbons (Fsp3) is 0.310. The van der Waals surface area contributed by atoms with Crippen molar-refractivity contribution in [1.29, 1.82) is 0 Å². The Hall–Kier alpha value is -3.60. The van der Waals surface area contributed by atoms with Gasteiger partial charge in [0.2, 0.25) is 0 Å². The highest BCUT2D eigenvalue weighted by atomic mass is 16.5. The molecule has 1 N–H and O–H groups in total. The normalized spacial score (nSPS) is 10.5. The van der Waals surface area contributed by atoms with Crippen LogP contribution in [0.4, 0.5) is 11.4 Å². The number of nitrogens with one attached hydrogen (secondary N) is 1. The second-order valence-electron chi connectivity index (χ2n) is 8.20. The Bertz CT molecular complexity index is 1030. The highest BCUT2D eigenvalue weighted by Crippen LogP contribution is 2.19. The van der Waals surface area contributed by atoms with Crippen molar-refractivity contribution in [2.24, 2.45) is 0 Å². The first-order chi connectivity index (χ1) is 16.6.